The Morgan fingerprint density at radius 1 is 1.40 bits per heavy atom. The minimum absolute atomic E-state index is 0.0886. The minimum atomic E-state index is -1.26. The summed E-state index contributed by atoms with van der Waals surface area (Å²) in [6.07, 6.45) is -0.230. The van der Waals surface area contributed by atoms with Crippen molar-refractivity contribution in [1.29, 1.82) is 0 Å². The van der Waals surface area contributed by atoms with Crippen LogP contribution in [-0.2, 0) is 9.59 Å². The number of aromatic nitrogens is 4. The maximum atomic E-state index is 11.6. The Kier molecular flexibility index (Phi) is 5.38. The van der Waals surface area contributed by atoms with Gasteiger partial charge in [-0.3, -0.25) is 4.79 Å². The van der Waals surface area contributed by atoms with Gasteiger partial charge in [-0.25, -0.2) is 9.59 Å². The number of hydrogen-bond acceptors (Lipinski definition) is 6. The van der Waals surface area contributed by atoms with E-state index in [1.165, 1.54) is 0 Å². The molecule has 1 unspecified atom stereocenters. The molecule has 11 nitrogen and oxygen atoms in total. The lowest BCUT2D eigenvalue weighted by Gasteiger charge is -2.16. The Hall–Kier alpha value is -2.72. The molecule has 0 bridgehead atoms. The van der Waals surface area contributed by atoms with Crippen molar-refractivity contribution < 1.29 is 19.5 Å². The number of H-pyrrole nitrogens is 1. The fourth-order valence-corrected chi connectivity index (χ4v) is 1.36. The number of carboxylic acid groups (broad SMARTS) is 1. The molecule has 0 aromatic carbocycles. The van der Waals surface area contributed by atoms with Gasteiger partial charge in [0.15, 0.2) is 5.82 Å². The molecule has 0 aliphatic heterocycles. The van der Waals surface area contributed by atoms with Crippen molar-refractivity contribution in [2.24, 2.45) is 5.73 Å². The van der Waals surface area contributed by atoms with Gasteiger partial charge in [0.2, 0.25) is 5.91 Å². The molecule has 3 amide bonds. The topological polar surface area (TPSA) is 176 Å². The van der Waals surface area contributed by atoms with Crippen molar-refractivity contribution in [3.63, 3.8) is 0 Å². The lowest BCUT2D eigenvalue weighted by molar-refractivity contribution is -0.139. The number of carbonyl (C=O) groups is 3. The van der Waals surface area contributed by atoms with Gasteiger partial charge in [0.1, 0.15) is 6.04 Å². The molecule has 6 N–H and O–H groups in total. The summed E-state index contributed by atoms with van der Waals surface area (Å²) in [6, 6.07) is -2.49. The van der Waals surface area contributed by atoms with Crippen LogP contribution >= 0.6 is 0 Å². The van der Waals surface area contributed by atoms with Crippen LogP contribution in [0.3, 0.4) is 0 Å². The first-order valence-electron chi connectivity index (χ1n) is 5.71. The van der Waals surface area contributed by atoms with Gasteiger partial charge >= 0.3 is 12.0 Å². The highest BCUT2D eigenvalue weighted by Gasteiger charge is 2.22. The monoisotopic (exact) mass is 285 g/mol. The normalized spacial score (nSPS) is 13.2. The number of nitrogens with one attached hydrogen (secondary N) is 3. The summed E-state index contributed by atoms with van der Waals surface area (Å²) in [4.78, 5) is 33.2. The molecule has 0 aliphatic rings. The summed E-state index contributed by atoms with van der Waals surface area (Å²) < 4.78 is 0. The zero-order valence-electron chi connectivity index (χ0n) is 10.7. The van der Waals surface area contributed by atoms with E-state index in [4.69, 9.17) is 10.8 Å². The number of carbonyl (C=O) groups excluding carboxylic acids is 2. The predicted molar refractivity (Wildman–Crippen MR) is 64.1 cm³/mol. The van der Waals surface area contributed by atoms with E-state index in [-0.39, 0.29) is 18.7 Å². The van der Waals surface area contributed by atoms with E-state index in [1.807, 2.05) is 0 Å². The van der Waals surface area contributed by atoms with Crippen LogP contribution in [0.15, 0.2) is 0 Å². The lowest BCUT2D eigenvalue weighted by atomic mass is 10.1. The first-order chi connectivity index (χ1) is 9.40. The van der Waals surface area contributed by atoms with Gasteiger partial charge in [0, 0.05) is 6.42 Å². The fraction of sp³-hybridized carbons (Fsp3) is 0.556. The zero-order valence-corrected chi connectivity index (χ0v) is 10.7. The van der Waals surface area contributed by atoms with E-state index in [0.29, 0.717) is 0 Å². The standard InChI is InChI=1S/C9H15N7O4/c1-4(7-13-15-16-14-7)11-9(20)12-5(8(18)19)2-3-6(10)17/h4-5H,2-3H2,1H3,(H2,10,17)(H,18,19)(H2,11,12,20)(H,13,14,15,16)/t4?,5-/m0/s1. The molecule has 2 atom stereocenters. The molecule has 11 heteroatoms. The highest BCUT2D eigenvalue weighted by atomic mass is 16.4. The van der Waals surface area contributed by atoms with Crippen LogP contribution in [0.4, 0.5) is 4.79 Å². The lowest BCUT2D eigenvalue weighted by Crippen LogP contribution is -2.47. The largest absolute Gasteiger partial charge is 0.480 e. The quantitative estimate of drug-likeness (QED) is 0.395. The molecule has 20 heavy (non-hydrogen) atoms. The van der Waals surface area contributed by atoms with Gasteiger partial charge in [0.25, 0.3) is 0 Å². The number of hydrogen-bond donors (Lipinski definition) is 5. The molecule has 110 valence electrons. The van der Waals surface area contributed by atoms with Gasteiger partial charge in [-0.15, -0.1) is 10.2 Å². The summed E-state index contributed by atoms with van der Waals surface area (Å²) >= 11 is 0. The summed E-state index contributed by atoms with van der Waals surface area (Å²) in [7, 11) is 0. The molecular weight excluding hydrogens is 270 g/mol. The number of primary amides is 1. The third-order valence-electron chi connectivity index (χ3n) is 2.38. The number of aromatic amines is 1. The number of nitrogens with two attached hydrogens (primary N) is 1. The maximum Gasteiger partial charge on any atom is 0.326 e. The number of rotatable bonds is 7. The van der Waals surface area contributed by atoms with Crippen molar-refractivity contribution in [1.82, 2.24) is 31.3 Å². The first-order valence-corrected chi connectivity index (χ1v) is 5.71. The van der Waals surface area contributed by atoms with Crippen LogP contribution in [0.1, 0.15) is 31.6 Å². The maximum absolute atomic E-state index is 11.6. The SMILES string of the molecule is CC(NC(=O)N[C@@H](CCC(N)=O)C(=O)O)c1nn[nH]n1. The molecule has 0 saturated carbocycles. The average molecular weight is 285 g/mol. The first kappa shape index (κ1) is 15.3. The second-order valence-electron chi connectivity index (χ2n) is 4.01. The molecule has 1 rings (SSSR count). The summed E-state index contributed by atoms with van der Waals surface area (Å²) in [5, 5.41) is 26.5. The average Bonchev–Trinajstić information content (AvgIpc) is 2.87. The van der Waals surface area contributed by atoms with Crippen LogP contribution in [0, 0.1) is 0 Å². The van der Waals surface area contributed by atoms with E-state index >= 15 is 0 Å². The molecule has 1 aromatic heterocycles. The zero-order chi connectivity index (χ0) is 15.1. The van der Waals surface area contributed by atoms with Gasteiger partial charge in [-0.05, 0) is 13.3 Å². The van der Waals surface area contributed by atoms with Crippen molar-refractivity contribution in [3.8, 4) is 0 Å². The smallest absolute Gasteiger partial charge is 0.326 e. The van der Waals surface area contributed by atoms with E-state index in [9.17, 15) is 14.4 Å². The van der Waals surface area contributed by atoms with Gasteiger partial charge in [0.05, 0.1) is 6.04 Å². The van der Waals surface area contributed by atoms with E-state index in [1.54, 1.807) is 6.92 Å². The second kappa shape index (κ2) is 7.01. The van der Waals surface area contributed by atoms with E-state index < -0.39 is 30.0 Å². The third kappa shape index (κ3) is 4.88. The molecule has 0 saturated heterocycles. The number of amides is 3. The second-order valence-corrected chi connectivity index (χ2v) is 4.01. The highest BCUT2D eigenvalue weighted by Crippen LogP contribution is 2.03. The molecule has 0 aliphatic carbocycles. The molecule has 1 aromatic rings. The summed E-state index contributed by atoms with van der Waals surface area (Å²) in [6.45, 7) is 1.60. The van der Waals surface area contributed by atoms with Crippen LogP contribution in [0.25, 0.3) is 0 Å². The molecule has 0 spiro atoms. The third-order valence-corrected chi connectivity index (χ3v) is 2.38. The van der Waals surface area contributed by atoms with Crippen molar-refractivity contribution in [2.75, 3.05) is 0 Å². The molecular formula is C9H15N7O4. The Labute approximate surface area is 113 Å². The number of nitrogens with zero attached hydrogens (tertiary/aromatic N) is 3. The molecule has 0 fully saturated rings. The van der Waals surface area contributed by atoms with Crippen molar-refractivity contribution in [2.45, 2.75) is 31.8 Å². The van der Waals surface area contributed by atoms with Crippen LogP contribution < -0.4 is 16.4 Å². The number of carboxylic acids is 1. The summed E-state index contributed by atoms with van der Waals surface area (Å²) in [5.74, 6) is -1.64. The Balaban J connectivity index is 2.49. The minimum Gasteiger partial charge on any atom is -0.480 e. The van der Waals surface area contributed by atoms with Crippen LogP contribution in [0.2, 0.25) is 0 Å². The van der Waals surface area contributed by atoms with Crippen LogP contribution in [-0.4, -0.2) is 49.7 Å². The van der Waals surface area contributed by atoms with E-state index in [0.717, 1.165) is 0 Å². The molecule has 0 radical (unpaired) electrons. The summed E-state index contributed by atoms with van der Waals surface area (Å²) in [5.41, 5.74) is 4.93. The number of tetrazole rings is 1. The van der Waals surface area contributed by atoms with Crippen LogP contribution in [0.5, 0.6) is 0 Å². The highest BCUT2D eigenvalue weighted by molar-refractivity contribution is 5.83. The van der Waals surface area contributed by atoms with Gasteiger partial charge in [-0.2, -0.15) is 5.21 Å². The Bertz CT molecular complexity index is 475. The Morgan fingerprint density at radius 3 is 2.60 bits per heavy atom. The predicted octanol–water partition coefficient (Wildman–Crippen LogP) is -1.72. The van der Waals surface area contributed by atoms with Crippen molar-refractivity contribution >= 4 is 17.9 Å². The molecule has 1 heterocycles. The van der Waals surface area contributed by atoms with Gasteiger partial charge < -0.3 is 21.5 Å². The Morgan fingerprint density at radius 2 is 2.10 bits per heavy atom. The fourth-order valence-electron chi connectivity index (χ4n) is 1.36. The van der Waals surface area contributed by atoms with Gasteiger partial charge in [-0.1, -0.05) is 5.21 Å². The number of aliphatic carboxylic acids is 1. The van der Waals surface area contributed by atoms with E-state index in [2.05, 4.69) is 31.3 Å². The number of urea groups is 1. The van der Waals surface area contributed by atoms with Crippen molar-refractivity contribution in [3.05, 3.63) is 5.82 Å².